The number of alkyl halides is 3. The van der Waals surface area contributed by atoms with Crippen LogP contribution in [-0.4, -0.2) is 38.2 Å². The lowest BCUT2D eigenvalue weighted by molar-refractivity contribution is -0.138. The molecule has 31 heavy (non-hydrogen) atoms. The minimum absolute atomic E-state index is 0.273. The van der Waals surface area contributed by atoms with Crippen LogP contribution in [0.3, 0.4) is 0 Å². The van der Waals surface area contributed by atoms with Gasteiger partial charge in [-0.05, 0) is 41.0 Å². The molecule has 6 heteroatoms. The third-order valence-electron chi connectivity index (χ3n) is 5.71. The van der Waals surface area contributed by atoms with E-state index in [1.165, 1.54) is 6.07 Å². The molecule has 0 saturated carbocycles. The van der Waals surface area contributed by atoms with Gasteiger partial charge >= 0.3 is 6.18 Å². The van der Waals surface area contributed by atoms with Gasteiger partial charge in [0.05, 0.1) is 18.4 Å². The third kappa shape index (κ3) is 4.85. The van der Waals surface area contributed by atoms with Crippen molar-refractivity contribution in [3.05, 3.63) is 83.9 Å². The van der Waals surface area contributed by atoms with Crippen molar-refractivity contribution in [1.82, 2.24) is 4.90 Å². The van der Waals surface area contributed by atoms with Crippen LogP contribution in [0.1, 0.15) is 11.1 Å². The van der Waals surface area contributed by atoms with Gasteiger partial charge in [-0.15, -0.1) is 0 Å². The predicted molar refractivity (Wildman–Crippen MR) is 117 cm³/mol. The molecule has 1 aliphatic heterocycles. The van der Waals surface area contributed by atoms with Gasteiger partial charge < -0.3 is 9.64 Å². The lowest BCUT2D eigenvalue weighted by Crippen LogP contribution is -2.46. The molecule has 0 bridgehead atoms. The number of methoxy groups -OCH3 is 1. The quantitative estimate of drug-likeness (QED) is 0.520. The van der Waals surface area contributed by atoms with E-state index in [2.05, 4.69) is 9.80 Å². The van der Waals surface area contributed by atoms with Crippen LogP contribution in [0.2, 0.25) is 0 Å². The average Bonchev–Trinajstić information content (AvgIpc) is 2.79. The molecule has 0 aliphatic carbocycles. The van der Waals surface area contributed by atoms with E-state index in [0.717, 1.165) is 35.7 Å². The van der Waals surface area contributed by atoms with E-state index >= 15 is 0 Å². The van der Waals surface area contributed by atoms with Crippen molar-refractivity contribution in [1.29, 1.82) is 0 Å². The highest BCUT2D eigenvalue weighted by Gasteiger charge is 2.34. The second kappa shape index (κ2) is 9.02. The largest absolute Gasteiger partial charge is 0.495 e. The van der Waals surface area contributed by atoms with E-state index in [4.69, 9.17) is 4.74 Å². The Kier molecular flexibility index (Phi) is 6.18. The minimum Gasteiger partial charge on any atom is -0.495 e. The smallest absolute Gasteiger partial charge is 0.416 e. The number of halogens is 3. The Labute approximate surface area is 180 Å². The molecule has 1 aliphatic rings. The van der Waals surface area contributed by atoms with E-state index in [-0.39, 0.29) is 6.54 Å². The van der Waals surface area contributed by atoms with Gasteiger partial charge in [0.15, 0.2) is 0 Å². The molecule has 3 aromatic rings. The molecule has 0 N–H and O–H groups in total. The molecule has 0 amide bonds. The first-order valence-corrected chi connectivity index (χ1v) is 10.3. The van der Waals surface area contributed by atoms with Gasteiger partial charge in [-0.25, -0.2) is 0 Å². The van der Waals surface area contributed by atoms with Crippen LogP contribution in [0, 0.1) is 0 Å². The second-order valence-electron chi connectivity index (χ2n) is 7.67. The fourth-order valence-corrected chi connectivity index (χ4v) is 4.09. The Balaban J connectivity index is 1.52. The van der Waals surface area contributed by atoms with Gasteiger partial charge in [0.25, 0.3) is 0 Å². The van der Waals surface area contributed by atoms with Gasteiger partial charge in [-0.3, -0.25) is 4.90 Å². The molecule has 3 nitrogen and oxygen atoms in total. The monoisotopic (exact) mass is 426 g/mol. The van der Waals surface area contributed by atoms with Crippen molar-refractivity contribution in [2.24, 2.45) is 0 Å². The summed E-state index contributed by atoms with van der Waals surface area (Å²) in [5.74, 6) is 0.811. The molecule has 0 spiro atoms. The lowest BCUT2D eigenvalue weighted by Gasteiger charge is -2.37. The zero-order valence-electron chi connectivity index (χ0n) is 17.4. The minimum atomic E-state index is -4.37. The zero-order valence-corrected chi connectivity index (χ0v) is 17.4. The summed E-state index contributed by atoms with van der Waals surface area (Å²) in [7, 11) is 1.65. The van der Waals surface area contributed by atoms with Gasteiger partial charge in [-0.2, -0.15) is 13.2 Å². The standard InChI is InChI=1S/C25H25F3N2O/c1-31-24-10-6-5-9-23(24)30-15-13-29(14-16-30)18-21-17-20(19-7-3-2-4-8-19)11-12-22(21)25(26,27)28/h2-12,17H,13-16,18H2,1H3. The van der Waals surface area contributed by atoms with Crippen LogP contribution < -0.4 is 9.64 Å². The second-order valence-corrected chi connectivity index (χ2v) is 7.67. The van der Waals surface area contributed by atoms with Crippen molar-refractivity contribution in [2.75, 3.05) is 38.2 Å². The number of nitrogens with zero attached hydrogens (tertiary/aromatic N) is 2. The Bertz CT molecular complexity index is 1010. The Morgan fingerprint density at radius 2 is 1.48 bits per heavy atom. The molecule has 0 radical (unpaired) electrons. The fraction of sp³-hybridized carbons (Fsp3) is 0.280. The first kappa shape index (κ1) is 21.2. The maximum absolute atomic E-state index is 13.7. The Hall–Kier alpha value is -2.99. The first-order chi connectivity index (χ1) is 15.0. The van der Waals surface area contributed by atoms with Crippen molar-refractivity contribution in [2.45, 2.75) is 12.7 Å². The van der Waals surface area contributed by atoms with E-state index in [1.54, 1.807) is 19.2 Å². The molecule has 0 unspecified atom stereocenters. The maximum atomic E-state index is 13.7. The SMILES string of the molecule is COc1ccccc1N1CCN(Cc2cc(-c3ccccc3)ccc2C(F)(F)F)CC1. The van der Waals surface area contributed by atoms with Crippen LogP contribution in [-0.2, 0) is 12.7 Å². The number of hydrogen-bond acceptors (Lipinski definition) is 3. The normalized spacial score (nSPS) is 15.2. The van der Waals surface area contributed by atoms with Gasteiger partial charge in [-0.1, -0.05) is 48.5 Å². The van der Waals surface area contributed by atoms with E-state index in [9.17, 15) is 13.2 Å². The molecule has 0 atom stereocenters. The fourth-order valence-electron chi connectivity index (χ4n) is 4.09. The summed E-state index contributed by atoms with van der Waals surface area (Å²) in [6.07, 6.45) is -4.37. The number of ether oxygens (including phenoxy) is 1. The van der Waals surface area contributed by atoms with Gasteiger partial charge in [0, 0.05) is 32.7 Å². The average molecular weight is 426 g/mol. The van der Waals surface area contributed by atoms with Crippen molar-refractivity contribution >= 4 is 5.69 Å². The van der Waals surface area contributed by atoms with Crippen molar-refractivity contribution < 1.29 is 17.9 Å². The molecular weight excluding hydrogens is 401 g/mol. The predicted octanol–water partition coefficient (Wildman–Crippen LogP) is 5.70. The summed E-state index contributed by atoms with van der Waals surface area (Å²) in [6, 6.07) is 21.8. The number of rotatable bonds is 5. The van der Waals surface area contributed by atoms with E-state index in [0.29, 0.717) is 18.7 Å². The summed E-state index contributed by atoms with van der Waals surface area (Å²) in [4.78, 5) is 4.31. The summed E-state index contributed by atoms with van der Waals surface area (Å²) in [6.45, 7) is 3.12. The molecule has 1 fully saturated rings. The van der Waals surface area contributed by atoms with Crippen molar-refractivity contribution in [3.63, 3.8) is 0 Å². The number of piperazine rings is 1. The van der Waals surface area contributed by atoms with Crippen LogP contribution in [0.15, 0.2) is 72.8 Å². The number of benzene rings is 3. The summed E-state index contributed by atoms with van der Waals surface area (Å²) >= 11 is 0. The molecule has 162 valence electrons. The van der Waals surface area contributed by atoms with Crippen LogP contribution in [0.25, 0.3) is 11.1 Å². The van der Waals surface area contributed by atoms with Crippen molar-refractivity contribution in [3.8, 4) is 16.9 Å². The molecule has 3 aromatic carbocycles. The maximum Gasteiger partial charge on any atom is 0.416 e. The number of para-hydroxylation sites is 2. The topological polar surface area (TPSA) is 15.7 Å². The molecule has 4 rings (SSSR count). The van der Waals surface area contributed by atoms with Crippen LogP contribution >= 0.6 is 0 Å². The van der Waals surface area contributed by atoms with Crippen LogP contribution in [0.4, 0.5) is 18.9 Å². The molecule has 1 heterocycles. The summed E-state index contributed by atoms with van der Waals surface area (Å²) in [5, 5.41) is 0. The summed E-state index contributed by atoms with van der Waals surface area (Å²) in [5.41, 5.74) is 2.50. The summed E-state index contributed by atoms with van der Waals surface area (Å²) < 4.78 is 46.4. The highest BCUT2D eigenvalue weighted by atomic mass is 19.4. The lowest BCUT2D eigenvalue weighted by atomic mass is 9.98. The Morgan fingerprint density at radius 3 is 2.16 bits per heavy atom. The van der Waals surface area contributed by atoms with Crippen LogP contribution in [0.5, 0.6) is 5.75 Å². The molecule has 0 aromatic heterocycles. The van der Waals surface area contributed by atoms with E-state index in [1.807, 2.05) is 54.6 Å². The first-order valence-electron chi connectivity index (χ1n) is 10.3. The van der Waals surface area contributed by atoms with Gasteiger partial charge in [0.2, 0.25) is 0 Å². The number of anilines is 1. The number of hydrogen-bond donors (Lipinski definition) is 0. The zero-order chi connectivity index (χ0) is 21.8. The van der Waals surface area contributed by atoms with Gasteiger partial charge in [0.1, 0.15) is 5.75 Å². The Morgan fingerprint density at radius 1 is 0.806 bits per heavy atom. The highest BCUT2D eigenvalue weighted by molar-refractivity contribution is 5.65. The third-order valence-corrected chi connectivity index (χ3v) is 5.71. The molecular formula is C25H25F3N2O. The highest BCUT2D eigenvalue weighted by Crippen LogP contribution is 2.35. The molecule has 1 saturated heterocycles. The van der Waals surface area contributed by atoms with E-state index < -0.39 is 11.7 Å².